The molecule has 9 nitrogen and oxygen atoms in total. The van der Waals surface area contributed by atoms with E-state index in [2.05, 4.69) is 36.5 Å². The molecule has 0 bridgehead atoms. The van der Waals surface area contributed by atoms with E-state index in [4.69, 9.17) is 37.8 Å². The molecule has 2 aromatic heterocycles. The molecule has 0 unspecified atom stereocenters. The Morgan fingerprint density at radius 1 is 1.06 bits per heavy atom. The second kappa shape index (κ2) is 10.2. The number of carbonyl (C=O) groups is 2. The van der Waals surface area contributed by atoms with Crippen molar-refractivity contribution in [2.75, 3.05) is 24.9 Å². The van der Waals surface area contributed by atoms with E-state index in [1.54, 1.807) is 17.5 Å². The van der Waals surface area contributed by atoms with Crippen molar-refractivity contribution >= 4 is 89.8 Å². The Morgan fingerprint density at radius 3 is 2.26 bits per heavy atom. The topological polar surface area (TPSA) is 123 Å². The van der Waals surface area contributed by atoms with Crippen LogP contribution in [0.1, 0.15) is 20.7 Å². The summed E-state index contributed by atoms with van der Waals surface area (Å²) in [6, 6.07) is 6.20. The third kappa shape index (κ3) is 4.72. The number of carbonyl (C=O) groups excluding carboxylic acids is 1. The Labute approximate surface area is 221 Å². The van der Waals surface area contributed by atoms with Crippen molar-refractivity contribution in [3.05, 3.63) is 61.6 Å². The van der Waals surface area contributed by atoms with Crippen LogP contribution in [0.3, 0.4) is 0 Å². The fourth-order valence-corrected chi connectivity index (χ4v) is 5.77. The number of halogens is 3. The van der Waals surface area contributed by atoms with Crippen LogP contribution in [0.25, 0.3) is 10.2 Å². The molecular weight excluding hydrogens is 583 g/mol. The molecule has 0 saturated heterocycles. The second-order valence-electron chi connectivity index (χ2n) is 6.89. The number of rotatable bonds is 7. The Kier molecular flexibility index (Phi) is 7.31. The van der Waals surface area contributed by atoms with Crippen molar-refractivity contribution in [2.24, 2.45) is 0 Å². The molecule has 4 aromatic rings. The first-order valence-electron chi connectivity index (χ1n) is 9.69. The van der Waals surface area contributed by atoms with Gasteiger partial charge in [0.2, 0.25) is 0 Å². The number of hydrogen-bond donors (Lipinski definition) is 3. The lowest BCUT2D eigenvalue weighted by Gasteiger charge is -2.17. The first-order valence-corrected chi connectivity index (χ1v) is 12.1. The fourth-order valence-electron chi connectivity index (χ4n) is 3.20. The van der Waals surface area contributed by atoms with Gasteiger partial charge in [-0.25, -0.2) is 14.8 Å². The zero-order chi connectivity index (χ0) is 25.3. The summed E-state index contributed by atoms with van der Waals surface area (Å²) < 4.78 is 11.7. The van der Waals surface area contributed by atoms with Crippen molar-refractivity contribution < 1.29 is 24.2 Å². The average Bonchev–Trinajstić information content (AvgIpc) is 3.28. The van der Waals surface area contributed by atoms with Crippen LogP contribution in [0, 0.1) is 0 Å². The molecule has 0 aliphatic carbocycles. The number of carboxylic acids is 1. The number of aromatic nitrogens is 2. The molecule has 180 valence electrons. The van der Waals surface area contributed by atoms with Gasteiger partial charge in [-0.05, 0) is 40.2 Å². The second-order valence-corrected chi connectivity index (χ2v) is 9.32. The number of aromatic carboxylic acids is 1. The largest absolute Gasteiger partial charge is 0.494 e. The van der Waals surface area contributed by atoms with Gasteiger partial charge in [-0.2, -0.15) is 0 Å². The van der Waals surface area contributed by atoms with Gasteiger partial charge in [-0.3, -0.25) is 4.79 Å². The number of ether oxygens (including phenoxy) is 2. The first-order chi connectivity index (χ1) is 16.8. The number of nitrogens with one attached hydrogen (secondary N) is 2. The van der Waals surface area contributed by atoms with Crippen molar-refractivity contribution in [1.82, 2.24) is 9.97 Å². The van der Waals surface area contributed by atoms with Gasteiger partial charge < -0.3 is 25.2 Å². The van der Waals surface area contributed by atoms with E-state index in [9.17, 15) is 9.59 Å². The van der Waals surface area contributed by atoms with Crippen molar-refractivity contribution in [3.8, 4) is 11.5 Å². The number of amides is 1. The molecule has 35 heavy (non-hydrogen) atoms. The molecule has 0 saturated carbocycles. The van der Waals surface area contributed by atoms with E-state index in [1.165, 1.54) is 44.0 Å². The minimum atomic E-state index is -1.02. The first kappa shape index (κ1) is 25.0. The van der Waals surface area contributed by atoms with Crippen LogP contribution in [0.4, 0.5) is 17.2 Å². The molecule has 2 heterocycles. The van der Waals surface area contributed by atoms with E-state index < -0.39 is 11.9 Å². The summed E-state index contributed by atoms with van der Waals surface area (Å²) in [5, 5.41) is 16.7. The molecule has 2 aromatic carbocycles. The van der Waals surface area contributed by atoms with Gasteiger partial charge >= 0.3 is 5.97 Å². The SMILES string of the molecule is COc1c(Cl)c(NC(=O)c2csc3c(Nc4ccc(C(=O)O)cc4)ncnc23)c(Cl)c(OC)c1Br. The minimum absolute atomic E-state index is 0.0971. The normalized spacial score (nSPS) is 10.8. The third-order valence-corrected chi connectivity index (χ3v) is 7.29. The maximum absolute atomic E-state index is 13.2. The summed E-state index contributed by atoms with van der Waals surface area (Å²) in [7, 11) is 2.86. The summed E-state index contributed by atoms with van der Waals surface area (Å²) >= 11 is 17.5. The van der Waals surface area contributed by atoms with Crippen LogP contribution in [-0.2, 0) is 0 Å². The number of methoxy groups -OCH3 is 2. The predicted molar refractivity (Wildman–Crippen MR) is 139 cm³/mol. The van der Waals surface area contributed by atoms with Gasteiger partial charge in [-0.1, -0.05) is 23.2 Å². The summed E-state index contributed by atoms with van der Waals surface area (Å²) in [6.07, 6.45) is 1.32. The Balaban J connectivity index is 1.67. The number of fused-ring (bicyclic) bond motifs is 1. The highest BCUT2D eigenvalue weighted by atomic mass is 79.9. The maximum Gasteiger partial charge on any atom is 0.335 e. The molecule has 0 aliphatic heterocycles. The molecule has 4 rings (SSSR count). The number of hydrogen-bond acceptors (Lipinski definition) is 8. The average molecular weight is 598 g/mol. The Morgan fingerprint density at radius 2 is 1.69 bits per heavy atom. The lowest BCUT2D eigenvalue weighted by atomic mass is 10.2. The lowest BCUT2D eigenvalue weighted by Crippen LogP contribution is -2.13. The smallest absolute Gasteiger partial charge is 0.335 e. The van der Waals surface area contributed by atoms with Gasteiger partial charge in [-0.15, -0.1) is 11.3 Å². The number of nitrogens with zero attached hydrogens (tertiary/aromatic N) is 2. The highest BCUT2D eigenvalue weighted by Crippen LogP contribution is 2.50. The zero-order valence-electron chi connectivity index (χ0n) is 18.0. The summed E-state index contributed by atoms with van der Waals surface area (Å²) in [6.45, 7) is 0. The van der Waals surface area contributed by atoms with Crippen LogP contribution in [0.2, 0.25) is 10.0 Å². The quantitative estimate of drug-likeness (QED) is 0.221. The van der Waals surface area contributed by atoms with Crippen LogP contribution in [0.15, 0.2) is 40.4 Å². The molecule has 0 spiro atoms. The van der Waals surface area contributed by atoms with Crippen LogP contribution in [-0.4, -0.2) is 41.2 Å². The van der Waals surface area contributed by atoms with Crippen LogP contribution in [0.5, 0.6) is 11.5 Å². The highest BCUT2D eigenvalue weighted by Gasteiger charge is 2.25. The van der Waals surface area contributed by atoms with Gasteiger partial charge in [0.25, 0.3) is 5.91 Å². The number of thiophene rings is 1. The Bertz CT molecular complexity index is 1430. The summed E-state index contributed by atoms with van der Waals surface area (Å²) in [4.78, 5) is 32.8. The minimum Gasteiger partial charge on any atom is -0.494 e. The summed E-state index contributed by atoms with van der Waals surface area (Å²) in [5.41, 5.74) is 1.61. The number of benzene rings is 2. The third-order valence-electron chi connectivity index (χ3n) is 4.88. The molecular formula is C22H15BrCl2N4O5S. The number of anilines is 3. The van der Waals surface area contributed by atoms with E-state index in [0.717, 1.165) is 0 Å². The van der Waals surface area contributed by atoms with Crippen molar-refractivity contribution in [1.29, 1.82) is 0 Å². The monoisotopic (exact) mass is 596 g/mol. The fraction of sp³-hybridized carbons (Fsp3) is 0.0909. The van der Waals surface area contributed by atoms with Crippen LogP contribution < -0.4 is 20.1 Å². The van der Waals surface area contributed by atoms with Gasteiger partial charge in [0.05, 0.1) is 41.3 Å². The summed E-state index contributed by atoms with van der Waals surface area (Å²) in [5.74, 6) is -0.550. The van der Waals surface area contributed by atoms with E-state index in [-0.39, 0.29) is 38.4 Å². The zero-order valence-corrected chi connectivity index (χ0v) is 21.9. The standard InChI is InChI=1S/C22H15BrCl2N4O5S/c1-33-17-12(23)18(34-2)14(25)16(13(17)24)29-21(30)11-7-35-19-15(11)26-8-27-20(19)28-10-5-3-9(4-6-10)22(31)32/h3-8H,1-2H3,(H,29,30)(H,31,32)(H,26,27,28). The highest BCUT2D eigenvalue weighted by molar-refractivity contribution is 9.10. The van der Waals surface area contributed by atoms with Gasteiger partial charge in [0.15, 0.2) is 17.3 Å². The predicted octanol–water partition coefficient (Wildman–Crippen LogP) is 6.47. The van der Waals surface area contributed by atoms with E-state index in [0.29, 0.717) is 26.2 Å². The van der Waals surface area contributed by atoms with Crippen LogP contribution >= 0.6 is 50.5 Å². The van der Waals surface area contributed by atoms with Gasteiger partial charge in [0.1, 0.15) is 20.8 Å². The van der Waals surface area contributed by atoms with E-state index >= 15 is 0 Å². The van der Waals surface area contributed by atoms with E-state index in [1.807, 2.05) is 0 Å². The molecule has 1 amide bonds. The molecule has 13 heteroatoms. The molecule has 0 radical (unpaired) electrons. The number of carboxylic acid groups (broad SMARTS) is 1. The Hall–Kier alpha value is -3.12. The molecule has 0 atom stereocenters. The van der Waals surface area contributed by atoms with Crippen molar-refractivity contribution in [3.63, 3.8) is 0 Å². The van der Waals surface area contributed by atoms with Crippen molar-refractivity contribution in [2.45, 2.75) is 0 Å². The van der Waals surface area contributed by atoms with Gasteiger partial charge in [0, 0.05) is 11.1 Å². The molecule has 3 N–H and O–H groups in total. The maximum atomic E-state index is 13.2. The lowest BCUT2D eigenvalue weighted by molar-refractivity contribution is 0.0696. The molecule has 0 fully saturated rings. The molecule has 0 aliphatic rings.